The van der Waals surface area contributed by atoms with E-state index in [2.05, 4.69) is 20.4 Å². The molecule has 0 spiro atoms. The van der Waals surface area contributed by atoms with Crippen LogP contribution in [0.2, 0.25) is 5.02 Å². The van der Waals surface area contributed by atoms with Gasteiger partial charge >= 0.3 is 0 Å². The Kier molecular flexibility index (Phi) is 6.20. The van der Waals surface area contributed by atoms with Gasteiger partial charge in [0, 0.05) is 37.8 Å². The minimum absolute atomic E-state index is 0.0825. The quantitative estimate of drug-likeness (QED) is 0.563. The normalized spacial score (nSPS) is 20.5. The monoisotopic (exact) mass is 456 g/mol. The van der Waals surface area contributed by atoms with Gasteiger partial charge in [-0.25, -0.2) is 4.68 Å². The summed E-state index contributed by atoms with van der Waals surface area (Å²) in [7, 11) is 0. The first-order chi connectivity index (χ1) is 15.7. The van der Waals surface area contributed by atoms with Crippen molar-refractivity contribution in [3.8, 4) is 0 Å². The van der Waals surface area contributed by atoms with E-state index in [9.17, 15) is 4.79 Å². The zero-order valence-electron chi connectivity index (χ0n) is 17.6. The molecule has 0 radical (unpaired) electrons. The number of amides is 1. The van der Waals surface area contributed by atoms with Crippen LogP contribution in [0.3, 0.4) is 0 Å². The average molecular weight is 457 g/mol. The molecule has 0 saturated carbocycles. The Morgan fingerprint density at radius 1 is 1.16 bits per heavy atom. The van der Waals surface area contributed by atoms with Crippen molar-refractivity contribution in [1.29, 1.82) is 0 Å². The van der Waals surface area contributed by atoms with E-state index in [0.29, 0.717) is 43.5 Å². The smallest absolute Gasteiger partial charge is 0.289 e. The number of furan rings is 1. The van der Waals surface area contributed by atoms with Gasteiger partial charge in [-0.05, 0) is 53.1 Å². The number of carbonyl (C=O) groups is 1. The number of piperazine rings is 1. The molecule has 2 aliphatic rings. The van der Waals surface area contributed by atoms with Gasteiger partial charge in [-0.3, -0.25) is 9.69 Å². The Bertz CT molecular complexity index is 1020. The SMILES string of the molecule is O=C(c1ccco1)N1CCN([C@H](c2ccc(Cl)cc2)c2nnnn2C[C@H]2CCCO2)CC1. The second kappa shape index (κ2) is 9.40. The Labute approximate surface area is 190 Å². The second-order valence-electron chi connectivity index (χ2n) is 8.11. The Balaban J connectivity index is 1.38. The summed E-state index contributed by atoms with van der Waals surface area (Å²) in [6, 6.07) is 11.1. The van der Waals surface area contributed by atoms with Crippen LogP contribution in [0.1, 0.15) is 40.8 Å². The topological polar surface area (TPSA) is 89.5 Å². The third kappa shape index (κ3) is 4.41. The molecule has 10 heteroatoms. The van der Waals surface area contributed by atoms with Gasteiger partial charge in [0.2, 0.25) is 0 Å². The predicted molar refractivity (Wildman–Crippen MR) is 116 cm³/mol. The van der Waals surface area contributed by atoms with Gasteiger partial charge in [0.05, 0.1) is 25.0 Å². The lowest BCUT2D eigenvalue weighted by atomic mass is 10.0. The lowest BCUT2D eigenvalue weighted by Crippen LogP contribution is -2.50. The van der Waals surface area contributed by atoms with Gasteiger partial charge in [0.15, 0.2) is 11.6 Å². The third-order valence-corrected chi connectivity index (χ3v) is 6.34. The fourth-order valence-corrected chi connectivity index (χ4v) is 4.55. The molecule has 9 nitrogen and oxygen atoms in total. The van der Waals surface area contributed by atoms with Crippen molar-refractivity contribution in [2.45, 2.75) is 31.5 Å². The molecule has 2 aromatic heterocycles. The predicted octanol–water partition coefficient (Wildman–Crippen LogP) is 2.65. The fraction of sp³-hybridized carbons (Fsp3) is 0.455. The molecule has 5 rings (SSSR count). The van der Waals surface area contributed by atoms with Gasteiger partial charge in [-0.1, -0.05) is 23.7 Å². The standard InChI is InChI=1S/C22H25ClN6O3/c23-17-7-5-16(6-8-17)20(21-24-25-26-29(21)15-18-3-1-13-31-18)27-9-11-28(12-10-27)22(30)19-4-2-14-32-19/h2,4-8,14,18,20H,1,3,9-13,15H2/t18-,20-/m1/s1. The van der Waals surface area contributed by atoms with Crippen molar-refractivity contribution in [2.75, 3.05) is 32.8 Å². The minimum Gasteiger partial charge on any atom is -0.459 e. The molecule has 1 amide bonds. The molecule has 2 atom stereocenters. The lowest BCUT2D eigenvalue weighted by Gasteiger charge is -2.38. The van der Waals surface area contributed by atoms with Crippen LogP contribution in [0.25, 0.3) is 0 Å². The van der Waals surface area contributed by atoms with Crippen LogP contribution in [0.4, 0.5) is 0 Å². The van der Waals surface area contributed by atoms with Gasteiger partial charge in [0.1, 0.15) is 0 Å². The molecule has 3 aromatic rings. The molecule has 0 aliphatic carbocycles. The van der Waals surface area contributed by atoms with Gasteiger partial charge in [-0.2, -0.15) is 0 Å². The van der Waals surface area contributed by atoms with Gasteiger partial charge in [-0.15, -0.1) is 5.10 Å². The number of nitrogens with zero attached hydrogens (tertiary/aromatic N) is 6. The summed E-state index contributed by atoms with van der Waals surface area (Å²) < 4.78 is 12.9. The zero-order valence-corrected chi connectivity index (χ0v) is 18.4. The van der Waals surface area contributed by atoms with Crippen LogP contribution >= 0.6 is 11.6 Å². The average Bonchev–Trinajstić information content (AvgIpc) is 3.60. The summed E-state index contributed by atoms with van der Waals surface area (Å²) in [5, 5.41) is 13.3. The summed E-state index contributed by atoms with van der Waals surface area (Å²) in [6.07, 6.45) is 3.73. The molecule has 2 aliphatic heterocycles. The summed E-state index contributed by atoms with van der Waals surface area (Å²) in [4.78, 5) is 16.8. The third-order valence-electron chi connectivity index (χ3n) is 6.09. The number of hydrogen-bond donors (Lipinski definition) is 0. The molecular weight excluding hydrogens is 432 g/mol. The van der Waals surface area contributed by atoms with E-state index in [4.69, 9.17) is 20.8 Å². The first-order valence-electron chi connectivity index (χ1n) is 10.9. The van der Waals surface area contributed by atoms with Crippen LogP contribution in [-0.4, -0.2) is 74.8 Å². The van der Waals surface area contributed by atoms with E-state index < -0.39 is 0 Å². The summed E-state index contributed by atoms with van der Waals surface area (Å²) in [6.45, 7) is 3.98. The summed E-state index contributed by atoms with van der Waals surface area (Å²) >= 11 is 6.15. The molecule has 2 saturated heterocycles. The fourth-order valence-electron chi connectivity index (χ4n) is 4.43. The van der Waals surface area contributed by atoms with Crippen LogP contribution in [0.15, 0.2) is 47.1 Å². The highest BCUT2D eigenvalue weighted by atomic mass is 35.5. The molecule has 1 aromatic carbocycles. The van der Waals surface area contributed by atoms with Crippen LogP contribution in [0, 0.1) is 0 Å². The molecule has 168 valence electrons. The van der Waals surface area contributed by atoms with E-state index in [1.54, 1.807) is 12.1 Å². The minimum atomic E-state index is -0.149. The van der Waals surface area contributed by atoms with E-state index in [1.165, 1.54) is 6.26 Å². The van der Waals surface area contributed by atoms with Crippen LogP contribution < -0.4 is 0 Å². The number of hydrogen-bond acceptors (Lipinski definition) is 7. The van der Waals surface area contributed by atoms with E-state index in [1.807, 2.05) is 33.8 Å². The Morgan fingerprint density at radius 2 is 1.97 bits per heavy atom. The molecule has 2 fully saturated rings. The Hall–Kier alpha value is -2.75. The highest BCUT2D eigenvalue weighted by molar-refractivity contribution is 6.30. The molecule has 4 heterocycles. The maximum absolute atomic E-state index is 12.7. The van der Waals surface area contributed by atoms with Gasteiger partial charge < -0.3 is 14.1 Å². The first kappa shape index (κ1) is 21.1. The van der Waals surface area contributed by atoms with Gasteiger partial charge in [0.25, 0.3) is 5.91 Å². The van der Waals surface area contributed by atoms with Crippen molar-refractivity contribution in [3.05, 3.63) is 64.8 Å². The Morgan fingerprint density at radius 3 is 2.66 bits per heavy atom. The number of aromatic nitrogens is 4. The zero-order chi connectivity index (χ0) is 21.9. The lowest BCUT2D eigenvalue weighted by molar-refractivity contribution is 0.0551. The highest BCUT2D eigenvalue weighted by Gasteiger charge is 2.33. The van der Waals surface area contributed by atoms with E-state index >= 15 is 0 Å². The summed E-state index contributed by atoms with van der Waals surface area (Å²) in [5.74, 6) is 1.06. The maximum Gasteiger partial charge on any atom is 0.289 e. The van der Waals surface area contributed by atoms with Crippen molar-refractivity contribution in [2.24, 2.45) is 0 Å². The number of tetrazole rings is 1. The van der Waals surface area contributed by atoms with Crippen molar-refractivity contribution in [3.63, 3.8) is 0 Å². The number of ether oxygens (including phenoxy) is 1. The number of carbonyl (C=O) groups excluding carboxylic acids is 1. The van der Waals surface area contributed by atoms with Crippen molar-refractivity contribution >= 4 is 17.5 Å². The maximum atomic E-state index is 12.7. The van der Waals surface area contributed by atoms with Crippen LogP contribution in [0.5, 0.6) is 0 Å². The summed E-state index contributed by atoms with van der Waals surface area (Å²) in [5.41, 5.74) is 1.06. The number of rotatable bonds is 6. The van der Waals surface area contributed by atoms with Crippen molar-refractivity contribution in [1.82, 2.24) is 30.0 Å². The number of halogens is 1. The second-order valence-corrected chi connectivity index (χ2v) is 8.55. The molecule has 0 unspecified atom stereocenters. The van der Waals surface area contributed by atoms with E-state index in [0.717, 1.165) is 30.8 Å². The largest absolute Gasteiger partial charge is 0.459 e. The first-order valence-corrected chi connectivity index (χ1v) is 11.3. The van der Waals surface area contributed by atoms with Crippen molar-refractivity contribution < 1.29 is 13.9 Å². The van der Waals surface area contributed by atoms with Crippen LogP contribution in [-0.2, 0) is 11.3 Å². The molecule has 32 heavy (non-hydrogen) atoms. The molecule has 0 bridgehead atoms. The number of benzene rings is 1. The molecule has 0 N–H and O–H groups in total. The molecular formula is C22H25ClN6O3. The van der Waals surface area contributed by atoms with E-state index in [-0.39, 0.29) is 18.1 Å². The highest BCUT2D eigenvalue weighted by Crippen LogP contribution is 2.30.